The molecule has 0 fully saturated rings. The summed E-state index contributed by atoms with van der Waals surface area (Å²) in [6, 6.07) is 3.64. The number of carboxylic acids is 1. The van der Waals surface area contributed by atoms with Crippen LogP contribution in [0.3, 0.4) is 0 Å². The highest BCUT2D eigenvalue weighted by Crippen LogP contribution is 2.27. The van der Waals surface area contributed by atoms with Gasteiger partial charge in [-0.2, -0.15) is 14.0 Å². The van der Waals surface area contributed by atoms with Gasteiger partial charge in [-0.3, -0.25) is 0 Å². The van der Waals surface area contributed by atoms with Crippen molar-refractivity contribution in [2.75, 3.05) is 0 Å². The number of halogens is 3. The molecule has 18 heavy (non-hydrogen) atoms. The molecule has 0 unspecified atom stereocenters. The zero-order valence-corrected chi connectivity index (χ0v) is 8.73. The molecule has 1 aromatic carbocycles. The fourth-order valence-corrected chi connectivity index (χ4v) is 1.15. The Morgan fingerprint density at radius 3 is 2.67 bits per heavy atom. The number of nitrogens with zero attached hydrogens (tertiary/aromatic N) is 1. The van der Waals surface area contributed by atoms with E-state index in [4.69, 9.17) is 10.4 Å². The molecule has 0 bridgehead atoms. The predicted octanol–water partition coefficient (Wildman–Crippen LogP) is 2.40. The smallest absolute Gasteiger partial charge is 0.387 e. The van der Waals surface area contributed by atoms with Gasteiger partial charge in [-0.25, -0.2) is 9.18 Å². The van der Waals surface area contributed by atoms with E-state index in [0.717, 1.165) is 18.2 Å². The van der Waals surface area contributed by atoms with E-state index in [2.05, 4.69) is 4.74 Å². The van der Waals surface area contributed by atoms with Crippen molar-refractivity contribution in [2.24, 2.45) is 0 Å². The van der Waals surface area contributed by atoms with E-state index in [1.54, 1.807) is 0 Å². The molecule has 0 aliphatic carbocycles. The third-order valence-corrected chi connectivity index (χ3v) is 1.86. The average Bonchev–Trinajstić information content (AvgIpc) is 2.29. The van der Waals surface area contributed by atoms with Crippen LogP contribution in [-0.2, 0) is 4.79 Å². The average molecular weight is 257 g/mol. The molecular formula is C11H6F3NO3. The summed E-state index contributed by atoms with van der Waals surface area (Å²) in [4.78, 5) is 10.3. The molecule has 0 saturated carbocycles. The summed E-state index contributed by atoms with van der Waals surface area (Å²) in [5.74, 6) is -3.44. The number of carboxylic acid groups (broad SMARTS) is 1. The van der Waals surface area contributed by atoms with E-state index >= 15 is 0 Å². The molecule has 0 heterocycles. The molecule has 0 saturated heterocycles. The molecular weight excluding hydrogens is 251 g/mol. The number of alkyl halides is 2. The van der Waals surface area contributed by atoms with Crippen molar-refractivity contribution in [3.63, 3.8) is 0 Å². The van der Waals surface area contributed by atoms with Gasteiger partial charge in [0.15, 0.2) is 11.6 Å². The number of aliphatic carboxylic acids is 1. The van der Waals surface area contributed by atoms with Crippen LogP contribution in [0.2, 0.25) is 0 Å². The molecule has 0 atom stereocenters. The van der Waals surface area contributed by atoms with Crippen LogP contribution in [0.5, 0.6) is 5.75 Å². The van der Waals surface area contributed by atoms with Crippen molar-refractivity contribution in [2.45, 2.75) is 6.61 Å². The lowest BCUT2D eigenvalue weighted by Gasteiger charge is -2.09. The minimum absolute atomic E-state index is 0.271. The Morgan fingerprint density at radius 1 is 1.50 bits per heavy atom. The summed E-state index contributed by atoms with van der Waals surface area (Å²) >= 11 is 0. The maximum Gasteiger partial charge on any atom is 0.387 e. The van der Waals surface area contributed by atoms with Crippen molar-refractivity contribution >= 4 is 12.0 Å². The second-order valence-corrected chi connectivity index (χ2v) is 3.01. The summed E-state index contributed by atoms with van der Waals surface area (Å²) in [5.41, 5.74) is -0.674. The molecule has 94 valence electrons. The minimum atomic E-state index is -3.29. The molecule has 1 aromatic rings. The molecule has 0 aromatic heterocycles. The second-order valence-electron chi connectivity index (χ2n) is 3.01. The van der Waals surface area contributed by atoms with Gasteiger partial charge in [-0.1, -0.05) is 6.07 Å². The fraction of sp³-hybridized carbons (Fsp3) is 0.0909. The van der Waals surface area contributed by atoms with Gasteiger partial charge in [-0.15, -0.1) is 0 Å². The van der Waals surface area contributed by atoms with Crippen molar-refractivity contribution < 1.29 is 27.8 Å². The lowest BCUT2D eigenvalue weighted by Crippen LogP contribution is -2.06. The van der Waals surface area contributed by atoms with E-state index in [1.807, 2.05) is 0 Å². The van der Waals surface area contributed by atoms with Crippen LogP contribution in [0.4, 0.5) is 13.2 Å². The predicted molar refractivity (Wildman–Crippen MR) is 54.4 cm³/mol. The van der Waals surface area contributed by atoms with Crippen LogP contribution in [0.25, 0.3) is 6.08 Å². The van der Waals surface area contributed by atoms with Gasteiger partial charge in [0.2, 0.25) is 0 Å². The molecule has 0 amide bonds. The number of benzene rings is 1. The summed E-state index contributed by atoms with van der Waals surface area (Å²) in [7, 11) is 0. The van der Waals surface area contributed by atoms with Gasteiger partial charge in [0.1, 0.15) is 6.07 Å². The van der Waals surface area contributed by atoms with Crippen LogP contribution in [-0.4, -0.2) is 17.7 Å². The normalized spacial score (nSPS) is 10.6. The first kappa shape index (κ1) is 13.6. The lowest BCUT2D eigenvalue weighted by molar-refractivity contribution is -0.131. The van der Waals surface area contributed by atoms with E-state index in [1.165, 1.54) is 6.07 Å². The Bertz CT molecular complexity index is 535. The largest absolute Gasteiger partial charge is 0.478 e. The van der Waals surface area contributed by atoms with Gasteiger partial charge in [0, 0.05) is 11.6 Å². The SMILES string of the molecule is N#Cc1ccc(/C=C/C(=O)O)c(F)c1OC(F)F. The molecule has 0 aliphatic rings. The Hall–Kier alpha value is -2.49. The lowest BCUT2D eigenvalue weighted by atomic mass is 10.1. The zero-order valence-electron chi connectivity index (χ0n) is 8.73. The highest BCUT2D eigenvalue weighted by molar-refractivity contribution is 5.85. The first-order chi connectivity index (χ1) is 8.45. The van der Waals surface area contributed by atoms with Crippen molar-refractivity contribution in [1.29, 1.82) is 5.26 Å². The number of hydrogen-bond donors (Lipinski definition) is 1. The fourth-order valence-electron chi connectivity index (χ4n) is 1.15. The Balaban J connectivity index is 3.25. The molecule has 4 nitrogen and oxygen atoms in total. The zero-order chi connectivity index (χ0) is 13.7. The highest BCUT2D eigenvalue weighted by Gasteiger charge is 2.17. The third kappa shape index (κ3) is 3.25. The van der Waals surface area contributed by atoms with Crippen LogP contribution in [0.15, 0.2) is 18.2 Å². The maximum absolute atomic E-state index is 13.7. The van der Waals surface area contributed by atoms with Crippen LogP contribution in [0.1, 0.15) is 11.1 Å². The summed E-state index contributed by atoms with van der Waals surface area (Å²) < 4.78 is 41.7. The maximum atomic E-state index is 13.7. The van der Waals surface area contributed by atoms with Gasteiger partial charge in [-0.05, 0) is 12.1 Å². The number of ether oxygens (including phenoxy) is 1. The van der Waals surface area contributed by atoms with E-state index in [0.29, 0.717) is 6.08 Å². The van der Waals surface area contributed by atoms with E-state index in [9.17, 15) is 18.0 Å². The Labute approximate surface area is 99.5 Å². The minimum Gasteiger partial charge on any atom is -0.478 e. The number of nitriles is 1. The number of carbonyl (C=O) groups is 1. The number of rotatable bonds is 4. The summed E-state index contributed by atoms with van der Waals surface area (Å²) in [6.07, 6.45) is 1.51. The molecule has 1 rings (SSSR count). The molecule has 0 spiro atoms. The monoisotopic (exact) mass is 257 g/mol. The molecule has 0 aliphatic heterocycles. The quantitative estimate of drug-likeness (QED) is 0.841. The first-order valence-electron chi connectivity index (χ1n) is 4.54. The molecule has 1 N–H and O–H groups in total. The Kier molecular flexibility index (Phi) is 4.32. The molecule has 7 heteroatoms. The van der Waals surface area contributed by atoms with Crippen molar-refractivity contribution in [3.05, 3.63) is 35.2 Å². The van der Waals surface area contributed by atoms with Crippen LogP contribution in [0, 0.1) is 17.1 Å². The van der Waals surface area contributed by atoms with Crippen LogP contribution >= 0.6 is 0 Å². The number of hydrogen-bond acceptors (Lipinski definition) is 3. The van der Waals surface area contributed by atoms with E-state index in [-0.39, 0.29) is 5.56 Å². The standard InChI is InChI=1S/C11H6F3NO3/c12-9-6(3-4-8(16)17)1-2-7(5-15)10(9)18-11(13)14/h1-4,11H,(H,16,17)/b4-3+. The highest BCUT2D eigenvalue weighted by atomic mass is 19.3. The second kappa shape index (κ2) is 5.72. The van der Waals surface area contributed by atoms with Gasteiger partial charge < -0.3 is 9.84 Å². The topological polar surface area (TPSA) is 70.3 Å². The van der Waals surface area contributed by atoms with E-state index < -0.39 is 29.7 Å². The van der Waals surface area contributed by atoms with Gasteiger partial charge in [0.05, 0.1) is 5.56 Å². The van der Waals surface area contributed by atoms with Crippen molar-refractivity contribution in [3.8, 4) is 11.8 Å². The first-order valence-corrected chi connectivity index (χ1v) is 4.54. The van der Waals surface area contributed by atoms with Gasteiger partial charge in [0.25, 0.3) is 0 Å². The van der Waals surface area contributed by atoms with Crippen molar-refractivity contribution in [1.82, 2.24) is 0 Å². The third-order valence-electron chi connectivity index (χ3n) is 1.86. The molecule has 0 radical (unpaired) electrons. The summed E-state index contributed by atoms with van der Waals surface area (Å²) in [5, 5.41) is 17.0. The summed E-state index contributed by atoms with van der Waals surface area (Å²) in [6.45, 7) is -3.29. The van der Waals surface area contributed by atoms with Crippen LogP contribution < -0.4 is 4.74 Å². The van der Waals surface area contributed by atoms with Gasteiger partial charge >= 0.3 is 12.6 Å². The Morgan fingerprint density at radius 2 is 2.17 bits per heavy atom.